The molecule has 3 aromatic rings. The van der Waals surface area contributed by atoms with E-state index >= 15 is 0 Å². The largest absolute Gasteiger partial charge is 0.308 e. The molecule has 30 heavy (non-hydrogen) atoms. The van der Waals surface area contributed by atoms with Crippen LogP contribution < -0.4 is 4.90 Å². The van der Waals surface area contributed by atoms with Gasteiger partial charge in [-0.3, -0.25) is 4.79 Å². The minimum atomic E-state index is -3.63. The molecule has 0 aromatic heterocycles. The first-order valence-electron chi connectivity index (χ1n) is 9.97. The smallest absolute Gasteiger partial charge is 0.258 e. The Kier molecular flexibility index (Phi) is 5.70. The number of fused-ring (bicyclic) bond motifs is 1. The number of carbonyl (C=O) groups excluding carboxylic acids is 1. The number of sulfonamides is 1. The second kappa shape index (κ2) is 8.42. The normalized spacial score (nSPS) is 13.9. The van der Waals surface area contributed by atoms with E-state index in [1.807, 2.05) is 48.5 Å². The van der Waals surface area contributed by atoms with Gasteiger partial charge in [-0.15, -0.1) is 0 Å². The van der Waals surface area contributed by atoms with Crippen molar-refractivity contribution in [1.29, 1.82) is 0 Å². The fraction of sp³-hybridized carbons (Fsp3) is 0.208. The quantitative estimate of drug-likeness (QED) is 0.624. The van der Waals surface area contributed by atoms with E-state index in [1.165, 1.54) is 4.31 Å². The summed E-state index contributed by atoms with van der Waals surface area (Å²) >= 11 is 0. The molecule has 1 heterocycles. The Morgan fingerprint density at radius 2 is 1.63 bits per heavy atom. The number of hydrogen-bond acceptors (Lipinski definition) is 3. The monoisotopic (exact) mass is 420 g/mol. The first-order valence-corrected chi connectivity index (χ1v) is 11.4. The van der Waals surface area contributed by atoms with Gasteiger partial charge >= 0.3 is 0 Å². The molecule has 4 rings (SSSR count). The Balaban J connectivity index is 1.61. The molecule has 1 amide bonds. The SMILES string of the molecule is CN(Cc1ccccc1)S(=O)(=O)c1ccc2c(c1)CCCN2C(=O)c1ccccc1. The fourth-order valence-corrected chi connectivity index (χ4v) is 5.00. The van der Waals surface area contributed by atoms with Crippen LogP contribution in [0.3, 0.4) is 0 Å². The lowest BCUT2D eigenvalue weighted by Gasteiger charge is -2.30. The molecule has 0 N–H and O–H groups in total. The van der Waals surface area contributed by atoms with Gasteiger partial charge in [0.15, 0.2) is 0 Å². The van der Waals surface area contributed by atoms with E-state index in [0.29, 0.717) is 18.7 Å². The van der Waals surface area contributed by atoms with Gasteiger partial charge in [0.05, 0.1) is 4.90 Å². The number of rotatable bonds is 5. The van der Waals surface area contributed by atoms with Crippen molar-refractivity contribution >= 4 is 21.6 Å². The van der Waals surface area contributed by atoms with E-state index in [9.17, 15) is 13.2 Å². The summed E-state index contributed by atoms with van der Waals surface area (Å²) < 4.78 is 27.6. The van der Waals surface area contributed by atoms with E-state index < -0.39 is 10.0 Å². The van der Waals surface area contributed by atoms with E-state index in [0.717, 1.165) is 29.7 Å². The average molecular weight is 421 g/mol. The van der Waals surface area contributed by atoms with Gasteiger partial charge in [-0.05, 0) is 54.3 Å². The highest BCUT2D eigenvalue weighted by Gasteiger charge is 2.27. The first kappa shape index (κ1) is 20.3. The minimum Gasteiger partial charge on any atom is -0.308 e. The van der Waals surface area contributed by atoms with Gasteiger partial charge in [-0.1, -0.05) is 48.5 Å². The maximum atomic E-state index is 13.1. The van der Waals surface area contributed by atoms with Crippen LogP contribution in [-0.2, 0) is 23.0 Å². The highest BCUT2D eigenvalue weighted by atomic mass is 32.2. The van der Waals surface area contributed by atoms with Crippen molar-refractivity contribution in [3.05, 3.63) is 95.6 Å². The summed E-state index contributed by atoms with van der Waals surface area (Å²) in [4.78, 5) is 15.0. The van der Waals surface area contributed by atoms with E-state index in [1.54, 1.807) is 42.3 Å². The Bertz CT molecular complexity index is 1150. The molecule has 0 atom stereocenters. The van der Waals surface area contributed by atoms with Crippen LogP contribution in [0.15, 0.2) is 83.8 Å². The third-order valence-electron chi connectivity index (χ3n) is 5.39. The second-order valence-corrected chi connectivity index (χ2v) is 9.51. The van der Waals surface area contributed by atoms with Crippen molar-refractivity contribution in [3.63, 3.8) is 0 Å². The molecule has 0 bridgehead atoms. The van der Waals surface area contributed by atoms with Crippen LogP contribution in [0.4, 0.5) is 5.69 Å². The number of hydrogen-bond donors (Lipinski definition) is 0. The molecule has 1 aliphatic rings. The zero-order valence-electron chi connectivity index (χ0n) is 16.9. The van der Waals surface area contributed by atoms with Crippen LogP contribution in [0.1, 0.15) is 27.9 Å². The summed E-state index contributed by atoms with van der Waals surface area (Å²) in [6, 6.07) is 23.8. The van der Waals surface area contributed by atoms with Crippen LogP contribution in [-0.4, -0.2) is 32.2 Å². The maximum absolute atomic E-state index is 13.1. The molecule has 0 spiro atoms. The lowest BCUT2D eigenvalue weighted by atomic mass is 10.0. The molecule has 0 fully saturated rings. The van der Waals surface area contributed by atoms with Crippen molar-refractivity contribution < 1.29 is 13.2 Å². The summed E-state index contributed by atoms with van der Waals surface area (Å²) in [6.45, 7) is 0.930. The van der Waals surface area contributed by atoms with Crippen molar-refractivity contribution in [2.45, 2.75) is 24.3 Å². The molecule has 154 valence electrons. The topological polar surface area (TPSA) is 57.7 Å². The average Bonchev–Trinajstić information content (AvgIpc) is 2.79. The molecule has 0 saturated heterocycles. The fourth-order valence-electron chi connectivity index (χ4n) is 3.79. The highest BCUT2D eigenvalue weighted by molar-refractivity contribution is 7.89. The van der Waals surface area contributed by atoms with Gasteiger partial charge in [0, 0.05) is 31.4 Å². The third kappa shape index (κ3) is 4.01. The number of benzene rings is 3. The van der Waals surface area contributed by atoms with Gasteiger partial charge in [-0.25, -0.2) is 8.42 Å². The molecule has 0 aliphatic carbocycles. The minimum absolute atomic E-state index is 0.0617. The number of nitrogens with zero attached hydrogens (tertiary/aromatic N) is 2. The van der Waals surface area contributed by atoms with Gasteiger partial charge in [-0.2, -0.15) is 4.31 Å². The van der Waals surface area contributed by atoms with Crippen molar-refractivity contribution in [1.82, 2.24) is 4.31 Å². The number of amides is 1. The molecule has 0 unspecified atom stereocenters. The molecular formula is C24H24N2O3S. The molecular weight excluding hydrogens is 396 g/mol. The van der Waals surface area contributed by atoms with Gasteiger partial charge < -0.3 is 4.90 Å². The van der Waals surface area contributed by atoms with E-state index in [4.69, 9.17) is 0 Å². The molecule has 0 saturated carbocycles. The molecule has 3 aromatic carbocycles. The molecule has 1 aliphatic heterocycles. The van der Waals surface area contributed by atoms with Crippen molar-refractivity contribution in [2.75, 3.05) is 18.5 Å². The Morgan fingerprint density at radius 3 is 2.33 bits per heavy atom. The number of anilines is 1. The van der Waals surface area contributed by atoms with Crippen LogP contribution in [0.2, 0.25) is 0 Å². The number of carbonyl (C=O) groups is 1. The Hall–Kier alpha value is -2.96. The predicted octanol–water partition coefficient (Wildman–Crippen LogP) is 4.10. The van der Waals surface area contributed by atoms with Crippen molar-refractivity contribution in [2.24, 2.45) is 0 Å². The Labute approximate surface area is 177 Å². The van der Waals surface area contributed by atoms with Gasteiger partial charge in [0.2, 0.25) is 10.0 Å². The predicted molar refractivity (Wildman–Crippen MR) is 118 cm³/mol. The zero-order valence-corrected chi connectivity index (χ0v) is 17.7. The highest BCUT2D eigenvalue weighted by Crippen LogP contribution is 2.31. The van der Waals surface area contributed by atoms with Crippen LogP contribution in [0, 0.1) is 0 Å². The standard InChI is InChI=1S/C24H24N2O3S/c1-25(18-19-9-4-2-5-10-19)30(28,29)22-14-15-23-21(17-22)13-8-16-26(23)24(27)20-11-6-3-7-12-20/h2-7,9-12,14-15,17H,8,13,16,18H2,1H3. The molecule has 5 nitrogen and oxygen atoms in total. The van der Waals surface area contributed by atoms with Gasteiger partial charge in [0.25, 0.3) is 5.91 Å². The lowest BCUT2D eigenvalue weighted by Crippen LogP contribution is -2.35. The first-order chi connectivity index (χ1) is 14.5. The summed E-state index contributed by atoms with van der Waals surface area (Å²) in [6.07, 6.45) is 1.55. The second-order valence-electron chi connectivity index (χ2n) is 7.46. The van der Waals surface area contributed by atoms with Crippen molar-refractivity contribution in [3.8, 4) is 0 Å². The number of aryl methyl sites for hydroxylation is 1. The molecule has 6 heteroatoms. The molecule has 0 radical (unpaired) electrons. The summed E-state index contributed by atoms with van der Waals surface area (Å²) in [5.41, 5.74) is 3.24. The van der Waals surface area contributed by atoms with E-state index in [2.05, 4.69) is 0 Å². The summed E-state index contributed by atoms with van der Waals surface area (Å²) in [5.74, 6) is -0.0617. The van der Waals surface area contributed by atoms with Crippen LogP contribution in [0.25, 0.3) is 0 Å². The zero-order chi connectivity index (χ0) is 21.1. The Morgan fingerprint density at radius 1 is 0.967 bits per heavy atom. The maximum Gasteiger partial charge on any atom is 0.258 e. The summed E-state index contributed by atoms with van der Waals surface area (Å²) in [5, 5.41) is 0. The lowest BCUT2D eigenvalue weighted by molar-refractivity contribution is 0.0985. The summed E-state index contributed by atoms with van der Waals surface area (Å²) in [7, 11) is -2.04. The van der Waals surface area contributed by atoms with Crippen LogP contribution >= 0.6 is 0 Å². The van der Waals surface area contributed by atoms with Gasteiger partial charge in [0.1, 0.15) is 0 Å². The van der Waals surface area contributed by atoms with E-state index in [-0.39, 0.29) is 10.8 Å². The van der Waals surface area contributed by atoms with Crippen LogP contribution in [0.5, 0.6) is 0 Å². The third-order valence-corrected chi connectivity index (χ3v) is 7.19.